The summed E-state index contributed by atoms with van der Waals surface area (Å²) in [5, 5.41) is 8.75. The molecule has 1 aromatic rings. The number of rotatable bonds is 5. The SMILES string of the molecule is CS(=O)CCCn1cc(C(=O)O)ccc1=O. The van der Waals surface area contributed by atoms with E-state index in [0.29, 0.717) is 18.7 Å². The fourth-order valence-corrected chi connectivity index (χ4v) is 1.81. The average Bonchev–Trinajstić information content (AvgIpc) is 2.20. The van der Waals surface area contributed by atoms with E-state index in [0.717, 1.165) is 0 Å². The van der Waals surface area contributed by atoms with Gasteiger partial charge in [-0.25, -0.2) is 4.79 Å². The molecule has 0 fully saturated rings. The van der Waals surface area contributed by atoms with E-state index in [1.807, 2.05) is 0 Å². The lowest BCUT2D eigenvalue weighted by Gasteiger charge is -2.05. The maximum atomic E-state index is 11.4. The van der Waals surface area contributed by atoms with Crippen LogP contribution in [-0.4, -0.2) is 31.9 Å². The highest BCUT2D eigenvalue weighted by molar-refractivity contribution is 7.84. The average molecular weight is 243 g/mol. The summed E-state index contributed by atoms with van der Waals surface area (Å²) in [6.45, 7) is 0.388. The third-order valence-corrected chi connectivity index (χ3v) is 2.92. The van der Waals surface area contributed by atoms with Crippen molar-refractivity contribution in [2.45, 2.75) is 13.0 Å². The van der Waals surface area contributed by atoms with Crippen molar-refractivity contribution in [3.05, 3.63) is 34.2 Å². The lowest BCUT2D eigenvalue weighted by molar-refractivity contribution is 0.0696. The van der Waals surface area contributed by atoms with Crippen molar-refractivity contribution in [3.63, 3.8) is 0 Å². The molecule has 0 radical (unpaired) electrons. The van der Waals surface area contributed by atoms with Gasteiger partial charge in [-0.3, -0.25) is 9.00 Å². The van der Waals surface area contributed by atoms with Crippen LogP contribution in [-0.2, 0) is 17.3 Å². The minimum atomic E-state index is -1.06. The summed E-state index contributed by atoms with van der Waals surface area (Å²) in [5.74, 6) is -0.558. The van der Waals surface area contributed by atoms with Crippen LogP contribution >= 0.6 is 0 Å². The van der Waals surface area contributed by atoms with Gasteiger partial charge in [0.1, 0.15) is 0 Å². The van der Waals surface area contributed by atoms with Crippen LogP contribution in [0.2, 0.25) is 0 Å². The Morgan fingerprint density at radius 1 is 1.50 bits per heavy atom. The van der Waals surface area contributed by atoms with Gasteiger partial charge in [0.2, 0.25) is 0 Å². The molecule has 1 aromatic heterocycles. The van der Waals surface area contributed by atoms with E-state index in [1.54, 1.807) is 6.26 Å². The smallest absolute Gasteiger partial charge is 0.337 e. The van der Waals surface area contributed by atoms with Gasteiger partial charge in [-0.1, -0.05) is 0 Å². The molecule has 0 amide bonds. The summed E-state index contributed by atoms with van der Waals surface area (Å²) in [7, 11) is -0.892. The lowest BCUT2D eigenvalue weighted by atomic mass is 10.3. The van der Waals surface area contributed by atoms with Crippen molar-refractivity contribution >= 4 is 16.8 Å². The third kappa shape index (κ3) is 3.62. The molecule has 6 heteroatoms. The molecule has 0 saturated heterocycles. The largest absolute Gasteiger partial charge is 0.478 e. The zero-order valence-corrected chi connectivity index (χ0v) is 9.70. The first kappa shape index (κ1) is 12.6. The number of carboxylic acid groups (broad SMARTS) is 1. The molecule has 88 valence electrons. The summed E-state index contributed by atoms with van der Waals surface area (Å²) in [6, 6.07) is 2.51. The van der Waals surface area contributed by atoms with Crippen LogP contribution in [0.5, 0.6) is 0 Å². The van der Waals surface area contributed by atoms with Crippen LogP contribution in [0, 0.1) is 0 Å². The molecule has 0 spiro atoms. The number of nitrogens with zero attached hydrogens (tertiary/aromatic N) is 1. The number of carbonyl (C=O) groups is 1. The highest BCUT2D eigenvalue weighted by Gasteiger charge is 2.05. The Morgan fingerprint density at radius 3 is 2.75 bits per heavy atom. The molecule has 0 aliphatic carbocycles. The van der Waals surface area contributed by atoms with E-state index in [9.17, 15) is 13.8 Å². The van der Waals surface area contributed by atoms with Gasteiger partial charge >= 0.3 is 5.97 Å². The molecule has 1 N–H and O–H groups in total. The fourth-order valence-electron chi connectivity index (χ4n) is 1.27. The molecule has 0 aliphatic heterocycles. The Morgan fingerprint density at radius 2 is 2.19 bits per heavy atom. The molecule has 5 nitrogen and oxygen atoms in total. The standard InChI is InChI=1S/C10H13NO4S/c1-16(15)6-2-5-11-7-8(10(13)14)3-4-9(11)12/h3-4,7H,2,5-6H2,1H3,(H,13,14). The van der Waals surface area contributed by atoms with E-state index < -0.39 is 16.8 Å². The highest BCUT2D eigenvalue weighted by atomic mass is 32.2. The first-order valence-corrected chi connectivity index (χ1v) is 6.47. The molecular weight excluding hydrogens is 230 g/mol. The predicted octanol–water partition coefficient (Wildman–Crippen LogP) is 0.315. The van der Waals surface area contributed by atoms with Gasteiger partial charge in [-0.15, -0.1) is 0 Å². The first-order valence-electron chi connectivity index (χ1n) is 4.74. The second-order valence-corrected chi connectivity index (χ2v) is 4.94. The summed E-state index contributed by atoms with van der Waals surface area (Å²) >= 11 is 0. The molecule has 0 bridgehead atoms. The van der Waals surface area contributed by atoms with Gasteiger partial charge in [0.05, 0.1) is 5.56 Å². The molecule has 0 saturated carbocycles. The Hall–Kier alpha value is -1.43. The number of hydrogen-bond acceptors (Lipinski definition) is 3. The van der Waals surface area contributed by atoms with E-state index in [-0.39, 0.29) is 11.1 Å². The van der Waals surface area contributed by atoms with E-state index in [4.69, 9.17) is 5.11 Å². The second kappa shape index (κ2) is 5.60. The Kier molecular flexibility index (Phi) is 4.42. The lowest BCUT2D eigenvalue weighted by Crippen LogP contribution is -2.21. The summed E-state index contributed by atoms with van der Waals surface area (Å²) in [5.41, 5.74) is -0.163. The zero-order valence-electron chi connectivity index (χ0n) is 8.88. The van der Waals surface area contributed by atoms with Crippen LogP contribution < -0.4 is 5.56 Å². The summed E-state index contributed by atoms with van der Waals surface area (Å²) in [4.78, 5) is 22.0. The molecule has 1 rings (SSSR count). The normalized spacial score (nSPS) is 12.3. The second-order valence-electron chi connectivity index (χ2n) is 3.39. The van der Waals surface area contributed by atoms with Gasteiger partial charge in [0.25, 0.3) is 5.56 Å². The quantitative estimate of drug-likeness (QED) is 0.807. The monoisotopic (exact) mass is 243 g/mol. The van der Waals surface area contributed by atoms with Crippen molar-refractivity contribution in [1.82, 2.24) is 4.57 Å². The molecular formula is C10H13NO4S. The molecule has 1 unspecified atom stereocenters. The predicted molar refractivity (Wildman–Crippen MR) is 61.2 cm³/mol. The molecule has 0 aromatic carbocycles. The van der Waals surface area contributed by atoms with E-state index in [1.165, 1.54) is 22.9 Å². The zero-order chi connectivity index (χ0) is 12.1. The van der Waals surface area contributed by atoms with Gasteiger partial charge < -0.3 is 9.67 Å². The highest BCUT2D eigenvalue weighted by Crippen LogP contribution is 1.97. The maximum Gasteiger partial charge on any atom is 0.337 e. The number of pyridine rings is 1. The molecule has 1 heterocycles. The van der Waals surface area contributed by atoms with Gasteiger partial charge in [-0.05, 0) is 12.5 Å². The van der Waals surface area contributed by atoms with Crippen molar-refractivity contribution in [3.8, 4) is 0 Å². The maximum absolute atomic E-state index is 11.4. The number of hydrogen-bond donors (Lipinski definition) is 1. The van der Waals surface area contributed by atoms with Crippen molar-refractivity contribution in [2.24, 2.45) is 0 Å². The van der Waals surface area contributed by atoms with Crippen molar-refractivity contribution in [1.29, 1.82) is 0 Å². The van der Waals surface area contributed by atoms with Crippen LogP contribution in [0.4, 0.5) is 0 Å². The number of carboxylic acids is 1. The third-order valence-electron chi connectivity index (χ3n) is 2.06. The van der Waals surface area contributed by atoms with Crippen LogP contribution in [0.1, 0.15) is 16.8 Å². The topological polar surface area (TPSA) is 76.4 Å². The molecule has 1 atom stereocenters. The number of aromatic carboxylic acids is 1. The molecule has 0 aliphatic rings. The summed E-state index contributed by atoms with van der Waals surface area (Å²) in [6.07, 6.45) is 3.49. The van der Waals surface area contributed by atoms with E-state index >= 15 is 0 Å². The number of aromatic nitrogens is 1. The first-order chi connectivity index (χ1) is 7.50. The minimum absolute atomic E-state index is 0.0808. The van der Waals surface area contributed by atoms with Crippen LogP contribution in [0.25, 0.3) is 0 Å². The van der Waals surface area contributed by atoms with Gasteiger partial charge in [0.15, 0.2) is 0 Å². The van der Waals surface area contributed by atoms with Gasteiger partial charge in [-0.2, -0.15) is 0 Å². The molecule has 16 heavy (non-hydrogen) atoms. The van der Waals surface area contributed by atoms with Crippen LogP contribution in [0.3, 0.4) is 0 Å². The Balaban J connectivity index is 2.78. The fraction of sp³-hybridized carbons (Fsp3) is 0.400. The Bertz CT molecular complexity index is 466. The number of aryl methyl sites for hydroxylation is 1. The van der Waals surface area contributed by atoms with Crippen LogP contribution in [0.15, 0.2) is 23.1 Å². The summed E-state index contributed by atoms with van der Waals surface area (Å²) < 4.78 is 12.2. The minimum Gasteiger partial charge on any atom is -0.478 e. The van der Waals surface area contributed by atoms with Crippen molar-refractivity contribution in [2.75, 3.05) is 12.0 Å². The Labute approximate surface area is 95.2 Å². The van der Waals surface area contributed by atoms with Gasteiger partial charge in [0, 0.05) is 41.6 Å². The van der Waals surface area contributed by atoms with Crippen molar-refractivity contribution < 1.29 is 14.1 Å². The van der Waals surface area contributed by atoms with E-state index in [2.05, 4.69) is 0 Å².